The molecule has 96 valence electrons. The number of hydrogen-bond donors (Lipinski definition) is 1. The molecular weight excluding hydrogens is 321 g/mol. The van der Waals surface area contributed by atoms with E-state index in [4.69, 9.17) is 0 Å². The first kappa shape index (κ1) is 15.0. The van der Waals surface area contributed by atoms with Crippen LogP contribution in [0.2, 0.25) is 0 Å². The fourth-order valence-electron chi connectivity index (χ4n) is 1.95. The molecule has 0 bridgehead atoms. The summed E-state index contributed by atoms with van der Waals surface area (Å²) in [5.41, 5.74) is 1.78. The zero-order valence-corrected chi connectivity index (χ0v) is 13.5. The van der Waals surface area contributed by atoms with Gasteiger partial charge in [0.2, 0.25) is 0 Å². The van der Waals surface area contributed by atoms with Crippen LogP contribution in [0.3, 0.4) is 0 Å². The Hall–Kier alpha value is -0.0900. The molecule has 1 unspecified atom stereocenters. The first-order chi connectivity index (χ1) is 7.98. The standard InChI is InChI=1S/C15H24IN/c1-5-17-11-15(4,12(2)3)10-13-6-8-14(16)9-7-13/h6-9,12,17H,5,10-11H2,1-4H3. The topological polar surface area (TPSA) is 12.0 Å². The lowest BCUT2D eigenvalue weighted by molar-refractivity contribution is 0.209. The van der Waals surface area contributed by atoms with E-state index in [2.05, 4.69) is 79.9 Å². The molecule has 0 aliphatic carbocycles. The molecule has 0 aliphatic rings. The summed E-state index contributed by atoms with van der Waals surface area (Å²) < 4.78 is 1.31. The second kappa shape index (κ2) is 6.74. The van der Waals surface area contributed by atoms with Gasteiger partial charge in [0.05, 0.1) is 0 Å². The van der Waals surface area contributed by atoms with Crippen LogP contribution >= 0.6 is 22.6 Å². The van der Waals surface area contributed by atoms with Crippen molar-refractivity contribution in [2.75, 3.05) is 13.1 Å². The van der Waals surface area contributed by atoms with E-state index < -0.39 is 0 Å². The molecule has 0 radical (unpaired) electrons. The summed E-state index contributed by atoms with van der Waals surface area (Å²) in [7, 11) is 0. The maximum atomic E-state index is 3.50. The van der Waals surface area contributed by atoms with Crippen molar-refractivity contribution in [3.63, 3.8) is 0 Å². The summed E-state index contributed by atoms with van der Waals surface area (Å²) in [6.45, 7) is 11.3. The van der Waals surface area contributed by atoms with Crippen LogP contribution in [0.5, 0.6) is 0 Å². The highest BCUT2D eigenvalue weighted by molar-refractivity contribution is 14.1. The van der Waals surface area contributed by atoms with Gasteiger partial charge in [-0.15, -0.1) is 0 Å². The van der Waals surface area contributed by atoms with Gasteiger partial charge >= 0.3 is 0 Å². The zero-order valence-electron chi connectivity index (χ0n) is 11.4. The van der Waals surface area contributed by atoms with Gasteiger partial charge in [-0.25, -0.2) is 0 Å². The molecule has 17 heavy (non-hydrogen) atoms. The Balaban J connectivity index is 2.75. The van der Waals surface area contributed by atoms with Crippen LogP contribution < -0.4 is 5.32 Å². The minimum absolute atomic E-state index is 0.336. The Morgan fingerprint density at radius 1 is 1.24 bits per heavy atom. The highest BCUT2D eigenvalue weighted by Crippen LogP contribution is 2.30. The fourth-order valence-corrected chi connectivity index (χ4v) is 2.31. The van der Waals surface area contributed by atoms with Crippen molar-refractivity contribution in [1.82, 2.24) is 5.32 Å². The molecule has 2 heteroatoms. The maximum Gasteiger partial charge on any atom is 0.0130 e. The van der Waals surface area contributed by atoms with E-state index in [-0.39, 0.29) is 0 Å². The Bertz CT molecular complexity index is 331. The third kappa shape index (κ3) is 4.59. The van der Waals surface area contributed by atoms with Gasteiger partial charge in [-0.05, 0) is 64.6 Å². The summed E-state index contributed by atoms with van der Waals surface area (Å²) in [5.74, 6) is 0.681. The Morgan fingerprint density at radius 3 is 2.29 bits per heavy atom. The molecule has 1 aromatic carbocycles. The Kier molecular flexibility index (Phi) is 5.93. The van der Waals surface area contributed by atoms with Crippen molar-refractivity contribution in [1.29, 1.82) is 0 Å². The van der Waals surface area contributed by atoms with Crippen molar-refractivity contribution in [2.24, 2.45) is 11.3 Å². The van der Waals surface area contributed by atoms with Crippen LogP contribution in [0, 0.1) is 14.9 Å². The van der Waals surface area contributed by atoms with E-state index in [0.717, 1.165) is 19.5 Å². The van der Waals surface area contributed by atoms with Crippen molar-refractivity contribution < 1.29 is 0 Å². The Morgan fingerprint density at radius 2 is 1.82 bits per heavy atom. The van der Waals surface area contributed by atoms with Crippen molar-refractivity contribution >= 4 is 22.6 Å². The minimum atomic E-state index is 0.336. The molecule has 1 atom stereocenters. The molecule has 0 saturated carbocycles. The predicted octanol–water partition coefficient (Wildman–Crippen LogP) is 4.11. The second-order valence-electron chi connectivity index (χ2n) is 5.39. The summed E-state index contributed by atoms with van der Waals surface area (Å²) in [4.78, 5) is 0. The quantitative estimate of drug-likeness (QED) is 0.766. The molecule has 0 aliphatic heterocycles. The molecule has 1 aromatic rings. The van der Waals surface area contributed by atoms with Crippen LogP contribution in [0.25, 0.3) is 0 Å². The third-order valence-corrected chi connectivity index (χ3v) is 4.41. The normalized spacial score (nSPS) is 14.9. The summed E-state index contributed by atoms with van der Waals surface area (Å²) in [5, 5.41) is 3.50. The molecular formula is C15H24IN. The average molecular weight is 345 g/mol. The lowest BCUT2D eigenvalue weighted by atomic mass is 9.74. The van der Waals surface area contributed by atoms with Gasteiger partial charge in [-0.1, -0.05) is 39.8 Å². The highest BCUT2D eigenvalue weighted by Gasteiger charge is 2.27. The van der Waals surface area contributed by atoms with Crippen LogP contribution in [0.15, 0.2) is 24.3 Å². The van der Waals surface area contributed by atoms with E-state index in [1.54, 1.807) is 0 Å². The van der Waals surface area contributed by atoms with Crippen molar-refractivity contribution in [2.45, 2.75) is 34.1 Å². The minimum Gasteiger partial charge on any atom is -0.316 e. The first-order valence-corrected chi connectivity index (χ1v) is 7.51. The fraction of sp³-hybridized carbons (Fsp3) is 0.600. The smallest absolute Gasteiger partial charge is 0.0130 e. The zero-order chi connectivity index (χ0) is 12.9. The van der Waals surface area contributed by atoms with Gasteiger partial charge in [0.1, 0.15) is 0 Å². The van der Waals surface area contributed by atoms with E-state index in [9.17, 15) is 0 Å². The largest absolute Gasteiger partial charge is 0.316 e. The molecule has 0 heterocycles. The molecule has 0 fully saturated rings. The first-order valence-electron chi connectivity index (χ1n) is 6.43. The number of hydrogen-bond acceptors (Lipinski definition) is 1. The van der Waals surface area contributed by atoms with Crippen LogP contribution in [-0.4, -0.2) is 13.1 Å². The van der Waals surface area contributed by atoms with Gasteiger partial charge in [0.15, 0.2) is 0 Å². The van der Waals surface area contributed by atoms with Crippen molar-refractivity contribution in [3.05, 3.63) is 33.4 Å². The highest BCUT2D eigenvalue weighted by atomic mass is 127. The third-order valence-electron chi connectivity index (χ3n) is 3.69. The van der Waals surface area contributed by atoms with Gasteiger partial charge in [0, 0.05) is 10.1 Å². The molecule has 0 spiro atoms. The van der Waals surface area contributed by atoms with Gasteiger partial charge in [-0.3, -0.25) is 0 Å². The second-order valence-corrected chi connectivity index (χ2v) is 6.64. The summed E-state index contributed by atoms with van der Waals surface area (Å²) in [6.07, 6.45) is 1.15. The Labute approximate surface area is 120 Å². The van der Waals surface area contributed by atoms with E-state index in [0.29, 0.717) is 11.3 Å². The molecule has 0 aromatic heterocycles. The molecule has 1 rings (SSSR count). The number of rotatable bonds is 6. The molecule has 1 nitrogen and oxygen atoms in total. The van der Waals surface area contributed by atoms with E-state index >= 15 is 0 Å². The lowest BCUT2D eigenvalue weighted by Crippen LogP contribution is -2.37. The van der Waals surface area contributed by atoms with Crippen LogP contribution in [-0.2, 0) is 6.42 Å². The number of halogens is 1. The van der Waals surface area contributed by atoms with Crippen molar-refractivity contribution in [3.8, 4) is 0 Å². The van der Waals surface area contributed by atoms with Crippen LogP contribution in [0.4, 0.5) is 0 Å². The lowest BCUT2D eigenvalue weighted by Gasteiger charge is -2.34. The average Bonchev–Trinajstić information content (AvgIpc) is 2.29. The summed E-state index contributed by atoms with van der Waals surface area (Å²) in [6, 6.07) is 8.91. The predicted molar refractivity (Wildman–Crippen MR) is 84.4 cm³/mol. The van der Waals surface area contributed by atoms with E-state index in [1.807, 2.05) is 0 Å². The number of nitrogens with one attached hydrogen (secondary N) is 1. The SMILES string of the molecule is CCNCC(C)(Cc1ccc(I)cc1)C(C)C. The summed E-state index contributed by atoms with van der Waals surface area (Å²) >= 11 is 2.36. The van der Waals surface area contributed by atoms with E-state index in [1.165, 1.54) is 9.13 Å². The molecule has 0 amide bonds. The molecule has 0 saturated heterocycles. The van der Waals surface area contributed by atoms with Gasteiger partial charge in [-0.2, -0.15) is 0 Å². The van der Waals surface area contributed by atoms with Crippen LogP contribution in [0.1, 0.15) is 33.3 Å². The monoisotopic (exact) mass is 345 g/mol. The molecule has 1 N–H and O–H groups in total. The maximum absolute atomic E-state index is 3.50. The van der Waals surface area contributed by atoms with Gasteiger partial charge < -0.3 is 5.32 Å². The van der Waals surface area contributed by atoms with Gasteiger partial charge in [0.25, 0.3) is 0 Å². The number of benzene rings is 1.